The lowest BCUT2D eigenvalue weighted by atomic mass is 10.7. The van der Waals surface area contributed by atoms with Crippen molar-refractivity contribution in [3.63, 3.8) is 0 Å². The number of methoxy groups -OCH3 is 1. The van der Waals surface area contributed by atoms with E-state index in [2.05, 4.69) is 16.6 Å². The number of carbonyl (C=O) groups excluding carboxylic acids is 1. The summed E-state index contributed by atoms with van der Waals surface area (Å²) in [4.78, 5) is 10.5. The SMILES string of the molecule is COC(=O)CSCC#CCCl. The molecule has 0 fully saturated rings. The lowest BCUT2D eigenvalue weighted by Crippen LogP contribution is -2.03. The molecule has 0 heterocycles. The van der Waals surface area contributed by atoms with Crippen LogP contribution in [0.4, 0.5) is 0 Å². The molecule has 0 aromatic heterocycles. The molecular weight excluding hydrogens is 184 g/mol. The molecule has 0 aromatic rings. The maximum atomic E-state index is 10.5. The summed E-state index contributed by atoms with van der Waals surface area (Å²) in [5.41, 5.74) is 0. The van der Waals surface area contributed by atoms with E-state index in [9.17, 15) is 4.79 Å². The normalized spacial score (nSPS) is 8.18. The molecule has 0 amide bonds. The average Bonchev–Trinajstić information content (AvgIpc) is 2.04. The molecule has 0 aliphatic carbocycles. The Morgan fingerprint density at radius 3 is 2.91 bits per heavy atom. The van der Waals surface area contributed by atoms with Gasteiger partial charge in [-0.1, -0.05) is 11.8 Å². The number of esters is 1. The van der Waals surface area contributed by atoms with Gasteiger partial charge in [0.2, 0.25) is 0 Å². The van der Waals surface area contributed by atoms with Crippen LogP contribution in [0.3, 0.4) is 0 Å². The van der Waals surface area contributed by atoms with E-state index >= 15 is 0 Å². The monoisotopic (exact) mass is 192 g/mol. The highest BCUT2D eigenvalue weighted by Gasteiger charge is 1.96. The van der Waals surface area contributed by atoms with E-state index in [1.165, 1.54) is 18.9 Å². The largest absolute Gasteiger partial charge is 0.468 e. The first-order valence-electron chi connectivity index (χ1n) is 2.97. The van der Waals surface area contributed by atoms with Crippen LogP contribution in [0.2, 0.25) is 0 Å². The molecule has 0 aliphatic rings. The van der Waals surface area contributed by atoms with Gasteiger partial charge in [-0.3, -0.25) is 4.79 Å². The Hall–Kier alpha value is -0.330. The quantitative estimate of drug-likeness (QED) is 0.290. The molecule has 0 aromatic carbocycles. The first-order chi connectivity index (χ1) is 5.31. The minimum atomic E-state index is -0.220. The second-order valence-electron chi connectivity index (χ2n) is 1.56. The molecular formula is C7H9ClO2S. The maximum Gasteiger partial charge on any atom is 0.315 e. The summed E-state index contributed by atoms with van der Waals surface area (Å²) in [6, 6.07) is 0. The first kappa shape index (κ1) is 10.7. The third-order valence-electron chi connectivity index (χ3n) is 0.814. The molecule has 0 saturated carbocycles. The van der Waals surface area contributed by atoms with E-state index in [0.717, 1.165) is 0 Å². The van der Waals surface area contributed by atoms with Gasteiger partial charge in [0.25, 0.3) is 0 Å². The number of rotatable bonds is 3. The van der Waals surface area contributed by atoms with Crippen LogP contribution >= 0.6 is 23.4 Å². The van der Waals surface area contributed by atoms with Crippen LogP contribution in [0.1, 0.15) is 0 Å². The fourth-order valence-electron chi connectivity index (χ4n) is 0.343. The van der Waals surface area contributed by atoms with Crippen LogP contribution < -0.4 is 0 Å². The van der Waals surface area contributed by atoms with E-state index < -0.39 is 0 Å². The van der Waals surface area contributed by atoms with Crippen molar-refractivity contribution < 1.29 is 9.53 Å². The number of carbonyl (C=O) groups is 1. The summed E-state index contributed by atoms with van der Waals surface area (Å²) < 4.78 is 4.42. The average molecular weight is 193 g/mol. The summed E-state index contributed by atoms with van der Waals surface area (Å²) in [5.74, 6) is 6.58. The zero-order valence-corrected chi connectivity index (χ0v) is 7.80. The van der Waals surface area contributed by atoms with Crippen molar-refractivity contribution >= 4 is 29.3 Å². The van der Waals surface area contributed by atoms with Crippen molar-refractivity contribution in [3.8, 4) is 11.8 Å². The van der Waals surface area contributed by atoms with E-state index in [0.29, 0.717) is 17.4 Å². The maximum absolute atomic E-state index is 10.5. The lowest BCUT2D eigenvalue weighted by Gasteiger charge is -1.93. The molecule has 62 valence electrons. The van der Waals surface area contributed by atoms with Gasteiger partial charge in [-0.05, 0) is 0 Å². The van der Waals surface area contributed by atoms with Crippen LogP contribution in [0.15, 0.2) is 0 Å². The van der Waals surface area contributed by atoms with E-state index in [1.54, 1.807) is 0 Å². The summed E-state index contributed by atoms with van der Waals surface area (Å²) in [6.07, 6.45) is 0. The molecule has 0 atom stereocenters. The van der Waals surface area contributed by atoms with Crippen molar-refractivity contribution in [2.45, 2.75) is 0 Å². The molecule has 0 N–H and O–H groups in total. The molecule has 11 heavy (non-hydrogen) atoms. The highest BCUT2D eigenvalue weighted by Crippen LogP contribution is 1.97. The van der Waals surface area contributed by atoms with Crippen LogP contribution in [0.25, 0.3) is 0 Å². The van der Waals surface area contributed by atoms with Gasteiger partial charge in [-0.2, -0.15) is 0 Å². The van der Waals surface area contributed by atoms with Gasteiger partial charge < -0.3 is 4.74 Å². The fourth-order valence-corrected chi connectivity index (χ4v) is 1.03. The molecule has 0 aliphatic heterocycles. The van der Waals surface area contributed by atoms with Crippen LogP contribution in [0, 0.1) is 11.8 Å². The zero-order valence-electron chi connectivity index (χ0n) is 6.22. The van der Waals surface area contributed by atoms with Crippen LogP contribution in [-0.2, 0) is 9.53 Å². The number of thioether (sulfide) groups is 1. The fraction of sp³-hybridized carbons (Fsp3) is 0.571. The topological polar surface area (TPSA) is 26.3 Å². The minimum absolute atomic E-state index is 0.220. The lowest BCUT2D eigenvalue weighted by molar-refractivity contribution is -0.137. The summed E-state index contributed by atoms with van der Waals surface area (Å²) >= 11 is 6.71. The second-order valence-corrected chi connectivity index (χ2v) is 2.81. The molecule has 0 unspecified atom stereocenters. The summed E-state index contributed by atoms with van der Waals surface area (Å²) in [7, 11) is 1.37. The Morgan fingerprint density at radius 2 is 2.36 bits per heavy atom. The Labute approximate surface area is 75.6 Å². The third-order valence-corrected chi connectivity index (χ3v) is 1.74. The Morgan fingerprint density at radius 1 is 1.64 bits per heavy atom. The van der Waals surface area contributed by atoms with Crippen LogP contribution in [-0.4, -0.2) is 30.5 Å². The van der Waals surface area contributed by atoms with Crippen molar-refractivity contribution in [2.24, 2.45) is 0 Å². The Balaban J connectivity index is 3.21. The predicted molar refractivity (Wildman–Crippen MR) is 47.8 cm³/mol. The highest BCUT2D eigenvalue weighted by atomic mass is 35.5. The molecule has 0 saturated heterocycles. The molecule has 0 bridgehead atoms. The standard InChI is InChI=1S/C7H9ClO2S/c1-10-7(9)6-11-5-3-2-4-8/h4-6H2,1H3. The van der Waals surface area contributed by atoms with Gasteiger partial charge in [0, 0.05) is 0 Å². The van der Waals surface area contributed by atoms with Crippen molar-refractivity contribution in [2.75, 3.05) is 24.5 Å². The number of hydrogen-bond acceptors (Lipinski definition) is 3. The van der Waals surface area contributed by atoms with Gasteiger partial charge in [0.15, 0.2) is 0 Å². The molecule has 0 spiro atoms. The van der Waals surface area contributed by atoms with Crippen molar-refractivity contribution in [1.82, 2.24) is 0 Å². The van der Waals surface area contributed by atoms with Crippen molar-refractivity contribution in [1.29, 1.82) is 0 Å². The summed E-state index contributed by atoms with van der Waals surface area (Å²) in [5, 5.41) is 0. The smallest absolute Gasteiger partial charge is 0.315 e. The van der Waals surface area contributed by atoms with Crippen LogP contribution in [0.5, 0.6) is 0 Å². The van der Waals surface area contributed by atoms with Gasteiger partial charge in [0.1, 0.15) is 0 Å². The number of halogens is 1. The highest BCUT2D eigenvalue weighted by molar-refractivity contribution is 8.00. The van der Waals surface area contributed by atoms with Crippen molar-refractivity contribution in [3.05, 3.63) is 0 Å². The number of hydrogen-bond donors (Lipinski definition) is 0. The molecule has 0 rings (SSSR count). The van der Waals surface area contributed by atoms with Gasteiger partial charge >= 0.3 is 5.97 Å². The number of alkyl halides is 1. The summed E-state index contributed by atoms with van der Waals surface area (Å²) in [6.45, 7) is 0. The third kappa shape index (κ3) is 7.57. The molecule has 4 heteroatoms. The first-order valence-corrected chi connectivity index (χ1v) is 4.66. The zero-order chi connectivity index (χ0) is 8.53. The van der Waals surface area contributed by atoms with Gasteiger partial charge in [-0.25, -0.2) is 0 Å². The molecule has 2 nitrogen and oxygen atoms in total. The Bertz CT molecular complexity index is 171. The second kappa shape index (κ2) is 7.77. The molecule has 0 radical (unpaired) electrons. The van der Waals surface area contributed by atoms with E-state index in [-0.39, 0.29) is 5.97 Å². The van der Waals surface area contributed by atoms with E-state index in [4.69, 9.17) is 11.6 Å². The predicted octanol–water partition coefficient (Wildman–Crippen LogP) is 1.13. The minimum Gasteiger partial charge on any atom is -0.468 e. The van der Waals surface area contributed by atoms with Gasteiger partial charge in [-0.15, -0.1) is 23.4 Å². The Kier molecular flexibility index (Phi) is 7.54. The number of ether oxygens (including phenoxy) is 1. The van der Waals surface area contributed by atoms with E-state index in [1.807, 2.05) is 0 Å². The van der Waals surface area contributed by atoms with Gasteiger partial charge in [0.05, 0.1) is 24.5 Å².